The standard InChI is InChI=1S/C13H18BrClO2Si/c1-13(2,3)18(4,5)17-9-6-11(14)10(8-16)12(15)7-9/h6-8H,1-5H3. The first-order valence-corrected chi connectivity index (χ1v) is 9.79. The zero-order valence-corrected chi connectivity index (χ0v) is 14.6. The molecule has 0 atom stereocenters. The van der Waals surface area contributed by atoms with Crippen LogP contribution in [0.25, 0.3) is 0 Å². The topological polar surface area (TPSA) is 26.3 Å². The average Bonchev–Trinajstić information content (AvgIpc) is 2.14. The third-order valence-electron chi connectivity index (χ3n) is 3.35. The molecular weight excluding hydrogens is 332 g/mol. The Morgan fingerprint density at radius 3 is 2.28 bits per heavy atom. The van der Waals surface area contributed by atoms with Gasteiger partial charge in [-0.3, -0.25) is 4.79 Å². The number of halogens is 2. The molecule has 1 aromatic rings. The van der Waals surface area contributed by atoms with Crippen LogP contribution in [0.15, 0.2) is 16.6 Å². The lowest BCUT2D eigenvalue weighted by Crippen LogP contribution is -2.43. The minimum absolute atomic E-state index is 0.120. The van der Waals surface area contributed by atoms with E-state index in [4.69, 9.17) is 16.0 Å². The van der Waals surface area contributed by atoms with Crippen molar-refractivity contribution in [2.45, 2.75) is 38.9 Å². The second-order valence-corrected chi connectivity index (χ2v) is 11.8. The van der Waals surface area contributed by atoms with Crippen molar-refractivity contribution in [3.05, 3.63) is 27.2 Å². The highest BCUT2D eigenvalue weighted by Gasteiger charge is 2.39. The summed E-state index contributed by atoms with van der Waals surface area (Å²) in [5.41, 5.74) is 0.458. The van der Waals surface area contributed by atoms with Crippen molar-refractivity contribution in [2.75, 3.05) is 0 Å². The lowest BCUT2D eigenvalue weighted by atomic mass is 10.2. The molecule has 0 unspecified atom stereocenters. The van der Waals surface area contributed by atoms with E-state index in [9.17, 15) is 4.79 Å². The second kappa shape index (κ2) is 5.35. The fraction of sp³-hybridized carbons (Fsp3) is 0.462. The van der Waals surface area contributed by atoms with Crippen molar-refractivity contribution in [3.8, 4) is 5.75 Å². The lowest BCUT2D eigenvalue weighted by molar-refractivity contribution is 0.112. The molecule has 0 aliphatic carbocycles. The van der Waals surface area contributed by atoms with Crippen LogP contribution < -0.4 is 4.43 Å². The molecule has 0 fully saturated rings. The largest absolute Gasteiger partial charge is 0.543 e. The molecule has 0 aliphatic heterocycles. The summed E-state index contributed by atoms with van der Waals surface area (Å²) in [5, 5.41) is 0.531. The van der Waals surface area contributed by atoms with Crippen LogP contribution in [0.3, 0.4) is 0 Å². The molecule has 0 aliphatic rings. The molecule has 0 heterocycles. The first-order valence-electron chi connectivity index (χ1n) is 5.72. The molecule has 0 saturated carbocycles. The first kappa shape index (κ1) is 15.7. The Labute approximate surface area is 123 Å². The van der Waals surface area contributed by atoms with Crippen molar-refractivity contribution in [1.82, 2.24) is 0 Å². The maximum atomic E-state index is 10.9. The normalized spacial score (nSPS) is 12.4. The number of aldehydes is 1. The van der Waals surface area contributed by atoms with Crippen LogP contribution in [-0.4, -0.2) is 14.6 Å². The molecule has 0 aromatic heterocycles. The van der Waals surface area contributed by atoms with E-state index in [1.54, 1.807) is 12.1 Å². The highest BCUT2D eigenvalue weighted by atomic mass is 79.9. The molecule has 18 heavy (non-hydrogen) atoms. The predicted molar refractivity (Wildman–Crippen MR) is 82.4 cm³/mol. The van der Waals surface area contributed by atoms with Crippen molar-refractivity contribution in [1.29, 1.82) is 0 Å². The van der Waals surface area contributed by atoms with Gasteiger partial charge in [0.2, 0.25) is 8.32 Å². The van der Waals surface area contributed by atoms with Gasteiger partial charge < -0.3 is 4.43 Å². The number of hydrogen-bond acceptors (Lipinski definition) is 2. The van der Waals surface area contributed by atoms with Crippen molar-refractivity contribution >= 4 is 42.1 Å². The first-order chi connectivity index (χ1) is 8.08. The Balaban J connectivity index is 3.11. The van der Waals surface area contributed by atoms with E-state index in [2.05, 4.69) is 49.8 Å². The summed E-state index contributed by atoms with van der Waals surface area (Å²) in [6.45, 7) is 10.9. The summed E-state index contributed by atoms with van der Waals surface area (Å²) in [5.74, 6) is 0.712. The summed E-state index contributed by atoms with van der Waals surface area (Å²) in [7, 11) is -1.89. The van der Waals surface area contributed by atoms with Gasteiger partial charge in [0, 0.05) is 10.0 Å². The fourth-order valence-electron chi connectivity index (χ4n) is 1.18. The average molecular weight is 350 g/mol. The molecule has 1 rings (SSSR count). The van der Waals surface area contributed by atoms with Crippen molar-refractivity contribution in [3.63, 3.8) is 0 Å². The van der Waals surface area contributed by atoms with Crippen LogP contribution in [-0.2, 0) is 0 Å². The van der Waals surface area contributed by atoms with E-state index in [0.717, 1.165) is 6.29 Å². The van der Waals surface area contributed by atoms with E-state index < -0.39 is 8.32 Å². The Bertz CT molecular complexity index is 444. The second-order valence-electron chi connectivity index (χ2n) is 5.78. The maximum Gasteiger partial charge on any atom is 0.250 e. The monoisotopic (exact) mass is 348 g/mol. The van der Waals surface area contributed by atoms with Gasteiger partial charge in [-0.2, -0.15) is 0 Å². The number of carbonyl (C=O) groups excluding carboxylic acids is 1. The van der Waals surface area contributed by atoms with Gasteiger partial charge in [0.15, 0.2) is 6.29 Å². The fourth-order valence-corrected chi connectivity index (χ4v) is 3.09. The van der Waals surface area contributed by atoms with Gasteiger partial charge in [0.1, 0.15) is 5.75 Å². The Hall–Kier alpha value is -0.323. The zero-order chi connectivity index (χ0) is 14.1. The van der Waals surface area contributed by atoms with Crippen LogP contribution in [0, 0.1) is 0 Å². The maximum absolute atomic E-state index is 10.9. The van der Waals surface area contributed by atoms with Crippen LogP contribution in [0.1, 0.15) is 31.1 Å². The predicted octanol–water partition coefficient (Wildman–Crippen LogP) is 5.30. The SMILES string of the molecule is CC(C)(C)[Si](C)(C)Oc1cc(Cl)c(C=O)c(Br)c1. The van der Waals surface area contributed by atoms with E-state index >= 15 is 0 Å². The number of hydrogen-bond donors (Lipinski definition) is 0. The zero-order valence-electron chi connectivity index (χ0n) is 11.3. The molecular formula is C13H18BrClO2Si. The van der Waals surface area contributed by atoms with E-state index in [1.165, 1.54) is 0 Å². The van der Waals surface area contributed by atoms with Crippen LogP contribution in [0.2, 0.25) is 23.2 Å². The van der Waals surface area contributed by atoms with Gasteiger partial charge in [-0.25, -0.2) is 0 Å². The molecule has 0 bridgehead atoms. The quantitative estimate of drug-likeness (QED) is 0.547. The van der Waals surface area contributed by atoms with Crippen LogP contribution in [0.5, 0.6) is 5.75 Å². The van der Waals surface area contributed by atoms with Gasteiger partial charge in [-0.1, -0.05) is 32.4 Å². The van der Waals surface area contributed by atoms with Crippen LogP contribution >= 0.6 is 27.5 Å². The number of carbonyl (C=O) groups is 1. The summed E-state index contributed by atoms with van der Waals surface area (Å²) in [4.78, 5) is 10.9. The third kappa shape index (κ3) is 3.37. The molecule has 0 N–H and O–H groups in total. The highest BCUT2D eigenvalue weighted by molar-refractivity contribution is 9.10. The molecule has 0 radical (unpaired) electrons. The minimum atomic E-state index is -1.89. The lowest BCUT2D eigenvalue weighted by Gasteiger charge is -2.36. The number of rotatable bonds is 3. The molecule has 0 saturated heterocycles. The summed E-state index contributed by atoms with van der Waals surface area (Å²) in [6.07, 6.45) is 0.739. The third-order valence-corrected chi connectivity index (χ3v) is 8.68. The van der Waals surface area contributed by atoms with Gasteiger partial charge in [0.05, 0.1) is 5.02 Å². The van der Waals surface area contributed by atoms with E-state index in [0.29, 0.717) is 20.8 Å². The minimum Gasteiger partial charge on any atom is -0.543 e. The summed E-state index contributed by atoms with van der Waals surface area (Å²) >= 11 is 9.39. The molecule has 5 heteroatoms. The molecule has 0 spiro atoms. The van der Waals surface area contributed by atoms with Crippen LogP contribution in [0.4, 0.5) is 0 Å². The highest BCUT2D eigenvalue weighted by Crippen LogP contribution is 2.39. The molecule has 1 aromatic carbocycles. The van der Waals surface area contributed by atoms with Gasteiger partial charge in [-0.05, 0) is 46.2 Å². The molecule has 0 amide bonds. The van der Waals surface area contributed by atoms with E-state index in [-0.39, 0.29) is 5.04 Å². The van der Waals surface area contributed by atoms with Gasteiger partial charge >= 0.3 is 0 Å². The summed E-state index contributed by atoms with van der Waals surface area (Å²) < 4.78 is 6.80. The Morgan fingerprint density at radius 2 is 1.89 bits per heavy atom. The molecule has 100 valence electrons. The van der Waals surface area contributed by atoms with E-state index in [1.807, 2.05) is 0 Å². The van der Waals surface area contributed by atoms with Gasteiger partial charge in [-0.15, -0.1) is 0 Å². The van der Waals surface area contributed by atoms with Crippen molar-refractivity contribution in [2.24, 2.45) is 0 Å². The smallest absolute Gasteiger partial charge is 0.250 e. The van der Waals surface area contributed by atoms with Gasteiger partial charge in [0.25, 0.3) is 0 Å². The molecule has 2 nitrogen and oxygen atoms in total. The number of benzene rings is 1. The Morgan fingerprint density at radius 1 is 1.33 bits per heavy atom. The Kier molecular flexibility index (Phi) is 4.68. The van der Waals surface area contributed by atoms with Crippen molar-refractivity contribution < 1.29 is 9.22 Å². The summed E-state index contributed by atoms with van der Waals surface area (Å²) in [6, 6.07) is 3.51.